The second-order valence-corrected chi connectivity index (χ2v) is 22.0. The average Bonchev–Trinajstić information content (AvgIpc) is 4.39. The fraction of sp³-hybridized carbons (Fsp3) is 0.259. The summed E-state index contributed by atoms with van der Waals surface area (Å²) in [5.74, 6) is 0.452. The van der Waals surface area contributed by atoms with Crippen molar-refractivity contribution in [2.75, 3.05) is 43.5 Å². The lowest BCUT2D eigenvalue weighted by Crippen LogP contribution is -2.27. The van der Waals surface area contributed by atoms with E-state index in [0.717, 1.165) is 97.1 Å². The number of aromatic carboxylic acids is 1. The monoisotopic (exact) mass is 1280 g/mol. The third-order valence-corrected chi connectivity index (χ3v) is 13.4. The molecule has 81 heavy (non-hydrogen) atoms. The lowest BCUT2D eigenvalue weighted by molar-refractivity contribution is 0.0522. The van der Waals surface area contributed by atoms with Crippen molar-refractivity contribution in [1.29, 1.82) is 0 Å². The van der Waals surface area contributed by atoms with E-state index in [2.05, 4.69) is 103 Å². The van der Waals surface area contributed by atoms with Gasteiger partial charge < -0.3 is 41.2 Å². The number of aromatic amines is 1. The average molecular weight is 1290 g/mol. The first kappa shape index (κ1) is 64.9. The van der Waals surface area contributed by atoms with Gasteiger partial charge in [0.25, 0.3) is 0 Å². The Morgan fingerprint density at radius 3 is 2.00 bits per heavy atom. The lowest BCUT2D eigenvalue weighted by Gasteiger charge is -2.19. The van der Waals surface area contributed by atoms with Crippen LogP contribution in [-0.2, 0) is 9.47 Å². The summed E-state index contributed by atoms with van der Waals surface area (Å²) in [5, 5.41) is 25.5. The van der Waals surface area contributed by atoms with E-state index in [1.54, 1.807) is 49.8 Å². The van der Waals surface area contributed by atoms with Crippen molar-refractivity contribution in [3.8, 4) is 0 Å². The van der Waals surface area contributed by atoms with Gasteiger partial charge in [0.05, 0.1) is 30.6 Å². The predicted molar refractivity (Wildman–Crippen MR) is 337 cm³/mol. The molecule has 0 radical (unpaired) electrons. The van der Waals surface area contributed by atoms with Crippen LogP contribution >= 0.6 is 66.4 Å². The van der Waals surface area contributed by atoms with Crippen LogP contribution in [0.1, 0.15) is 81.1 Å². The Bertz CT molecular complexity index is 3490. The minimum Gasteiger partial charge on any atom is -0.477 e. The number of aromatic nitrogens is 7. The SMILES string of the molecule is C.CC(=O)c1cc2ccc(Br)cc2[nH]1.CC(C)(C)OC(=O)n1ncc2cc(Nc3ccnc(Cl)n3)ccc21.CCNCC.Clc1nccc(Nc2ccc(C3=CCN=C3)cc2)n1.NC1CCOC1.O=C(O)c1cc2ccc(Br)cc2s1. The minimum absolute atomic E-state index is 0. The Labute approximate surface area is 501 Å². The number of carboxylic acids is 1. The van der Waals surface area contributed by atoms with Gasteiger partial charge in [0.15, 0.2) is 5.78 Å². The Balaban J connectivity index is 0.000000190. The maximum atomic E-state index is 12.2. The number of allylic oxidation sites excluding steroid dienone is 1. The molecule has 5 aromatic heterocycles. The number of carbonyl (C=O) groups is 3. The minimum atomic E-state index is -0.864. The number of hydrogen-bond acceptors (Lipinski definition) is 16. The Morgan fingerprint density at radius 2 is 1.47 bits per heavy atom. The number of nitrogens with two attached hydrogens (primary N) is 1. The van der Waals surface area contributed by atoms with Crippen molar-refractivity contribution in [1.82, 2.24) is 40.0 Å². The summed E-state index contributed by atoms with van der Waals surface area (Å²) >= 11 is 19.5. The van der Waals surface area contributed by atoms with Crippen LogP contribution in [0.5, 0.6) is 0 Å². The number of ether oxygens (including phenoxy) is 2. The number of Topliss-reactive ketones (excluding diaryl/α,β-unsaturated/α-hetero) is 1. The number of thiophene rings is 1. The molecule has 0 amide bonds. The summed E-state index contributed by atoms with van der Waals surface area (Å²) in [6.07, 6.45) is 9.32. The zero-order chi connectivity index (χ0) is 57.8. The first-order valence-corrected chi connectivity index (χ1v) is 28.2. The number of aliphatic imine (C=N–C) groups is 1. The third-order valence-electron chi connectivity index (χ3n) is 10.9. The normalized spacial score (nSPS) is 13.0. The van der Waals surface area contributed by atoms with E-state index >= 15 is 0 Å². The van der Waals surface area contributed by atoms with Gasteiger partial charge in [-0.05, 0) is 159 Å². The van der Waals surface area contributed by atoms with Crippen LogP contribution < -0.4 is 21.7 Å². The van der Waals surface area contributed by atoms with Crippen molar-refractivity contribution in [2.24, 2.45) is 10.7 Å². The molecule has 426 valence electrons. The first-order valence-electron chi connectivity index (χ1n) is 25.1. The Hall–Kier alpha value is -6.95. The molecule has 1 atom stereocenters. The van der Waals surface area contributed by atoms with Gasteiger partial charge in [0.1, 0.15) is 22.1 Å². The van der Waals surface area contributed by atoms with Gasteiger partial charge in [-0.3, -0.25) is 9.79 Å². The molecular weight excluding hydrogens is 1220 g/mol. The standard InChI is InChI=1S/C16H16ClN5O2.C14H11ClN4.C10H8BrNO.C9H5BrO2S.C4H9NO.C4H11N.CH4/c1-16(2,3)24-15(23)22-12-5-4-11(8-10(12)9-19-22)20-13-6-7-18-14(17)21-13;15-14-17-8-6-13(19-14)18-12-3-1-10(2-4-12)11-5-7-16-9-11;1-6(13)9-4-7-2-3-8(11)5-10(7)12-9;10-6-2-1-5-3-8(9(11)12)13-7(5)4-6;5-4-1-2-6-3-4;1-3-5-4-2;/h4-9H,1-3H3,(H,18,20,21);1-6,8-9H,7H2,(H,17,18,19);2-5,12H,1H3;1-4H,(H,11,12);4H,1-3,5H2;5H,3-4H2,1-2H3;1H4. The number of nitrogens with zero attached hydrogens (tertiary/aromatic N) is 7. The van der Waals surface area contributed by atoms with E-state index in [1.807, 2.05) is 106 Å². The van der Waals surface area contributed by atoms with Crippen LogP contribution in [-0.4, -0.2) is 108 Å². The highest BCUT2D eigenvalue weighted by molar-refractivity contribution is 9.10. The molecule has 11 rings (SSSR count). The van der Waals surface area contributed by atoms with Crippen molar-refractivity contribution in [3.63, 3.8) is 0 Å². The second-order valence-electron chi connectivity index (χ2n) is 18.4. The number of anilines is 4. The van der Waals surface area contributed by atoms with Gasteiger partial charge in [-0.2, -0.15) is 9.78 Å². The van der Waals surface area contributed by atoms with E-state index < -0.39 is 17.7 Å². The van der Waals surface area contributed by atoms with Gasteiger partial charge >= 0.3 is 12.1 Å². The molecule has 9 aromatic rings. The number of nitrogens with one attached hydrogen (secondary N) is 4. The second kappa shape index (κ2) is 31.9. The number of ketones is 1. The fourth-order valence-electron chi connectivity index (χ4n) is 7.16. The maximum absolute atomic E-state index is 12.2. The summed E-state index contributed by atoms with van der Waals surface area (Å²) < 4.78 is 14.5. The smallest absolute Gasteiger partial charge is 0.435 e. The number of rotatable bonds is 9. The molecular formula is C58H64Br2Cl2N12O6S. The molecule has 18 nitrogen and oxygen atoms in total. The van der Waals surface area contributed by atoms with Crippen LogP contribution in [0, 0.1) is 0 Å². The zero-order valence-electron chi connectivity index (χ0n) is 44.6. The highest BCUT2D eigenvalue weighted by Crippen LogP contribution is 2.29. The first-order chi connectivity index (χ1) is 38.3. The molecule has 4 aromatic carbocycles. The highest BCUT2D eigenvalue weighted by Gasteiger charge is 2.20. The van der Waals surface area contributed by atoms with Crippen LogP contribution in [0.25, 0.3) is 37.5 Å². The largest absolute Gasteiger partial charge is 0.477 e. The molecule has 7 heterocycles. The number of halogens is 4. The van der Waals surface area contributed by atoms with E-state index in [9.17, 15) is 14.4 Å². The summed E-state index contributed by atoms with van der Waals surface area (Å²) in [6.45, 7) is 15.8. The van der Waals surface area contributed by atoms with E-state index in [1.165, 1.54) is 16.0 Å². The topological polar surface area (TPSA) is 250 Å². The number of fused-ring (bicyclic) bond motifs is 3. The van der Waals surface area contributed by atoms with E-state index in [-0.39, 0.29) is 23.8 Å². The summed E-state index contributed by atoms with van der Waals surface area (Å²) in [4.78, 5) is 57.3. The number of carboxylic acid groups (broad SMARTS) is 1. The number of H-pyrrole nitrogens is 1. The van der Waals surface area contributed by atoms with Crippen molar-refractivity contribution in [2.45, 2.75) is 67.0 Å². The fourth-order valence-corrected chi connectivity index (χ4v) is 9.27. The third kappa shape index (κ3) is 21.1. The van der Waals surface area contributed by atoms with Crippen LogP contribution in [0.15, 0.2) is 142 Å². The zero-order valence-corrected chi connectivity index (χ0v) is 50.1. The lowest BCUT2D eigenvalue weighted by atomic mass is 10.1. The van der Waals surface area contributed by atoms with Gasteiger partial charge in [-0.25, -0.2) is 29.5 Å². The molecule has 0 bridgehead atoms. The van der Waals surface area contributed by atoms with E-state index in [4.69, 9.17) is 43.5 Å². The molecule has 7 N–H and O–H groups in total. The van der Waals surface area contributed by atoms with Gasteiger partial charge in [-0.1, -0.05) is 83.5 Å². The maximum Gasteiger partial charge on any atom is 0.435 e. The van der Waals surface area contributed by atoms with Crippen LogP contribution in [0.2, 0.25) is 10.6 Å². The van der Waals surface area contributed by atoms with Crippen molar-refractivity contribution < 1.29 is 29.0 Å². The molecule has 1 fully saturated rings. The highest BCUT2D eigenvalue weighted by atomic mass is 79.9. The van der Waals surface area contributed by atoms with E-state index in [0.29, 0.717) is 33.8 Å². The summed E-state index contributed by atoms with van der Waals surface area (Å²) in [7, 11) is 0. The summed E-state index contributed by atoms with van der Waals surface area (Å²) in [5.41, 5.74) is 11.2. The summed E-state index contributed by atoms with van der Waals surface area (Å²) in [6, 6.07) is 32.5. The molecule has 0 spiro atoms. The Morgan fingerprint density at radius 1 is 0.840 bits per heavy atom. The Kier molecular flexibility index (Phi) is 25.5. The van der Waals surface area contributed by atoms with Crippen LogP contribution in [0.4, 0.5) is 27.8 Å². The molecule has 0 saturated carbocycles. The van der Waals surface area contributed by atoms with Gasteiger partial charge in [0, 0.05) is 79.5 Å². The van der Waals surface area contributed by atoms with Crippen molar-refractivity contribution >= 4 is 151 Å². The van der Waals surface area contributed by atoms with Crippen molar-refractivity contribution in [3.05, 3.63) is 163 Å². The molecule has 0 aliphatic carbocycles. The molecule has 1 saturated heterocycles. The predicted octanol–water partition coefficient (Wildman–Crippen LogP) is 14.8. The molecule has 1 unspecified atom stereocenters. The number of benzene rings is 4. The molecule has 2 aliphatic rings. The van der Waals surface area contributed by atoms with Crippen LogP contribution in [0.3, 0.4) is 0 Å². The molecule has 2 aliphatic heterocycles. The quantitative estimate of drug-likeness (QED) is 0.0581. The number of carbonyl (C=O) groups excluding carboxylic acids is 2. The molecule has 23 heteroatoms. The number of hydrogen-bond donors (Lipinski definition) is 6. The van der Waals surface area contributed by atoms with Gasteiger partial charge in [0.2, 0.25) is 10.6 Å². The van der Waals surface area contributed by atoms with Gasteiger partial charge in [-0.15, -0.1) is 11.3 Å².